The summed E-state index contributed by atoms with van der Waals surface area (Å²) in [6.45, 7) is 1.65. The van der Waals surface area contributed by atoms with Gasteiger partial charge in [0.2, 0.25) is 0 Å². The van der Waals surface area contributed by atoms with Crippen LogP contribution in [-0.4, -0.2) is 27.0 Å². The van der Waals surface area contributed by atoms with E-state index in [2.05, 4.69) is 10.5 Å². The maximum atomic E-state index is 12.0. The molecular weight excluding hydrogens is 272 g/mol. The molecular formula is C15H14N2O4. The third kappa shape index (κ3) is 3.11. The predicted molar refractivity (Wildman–Crippen MR) is 78.2 cm³/mol. The van der Waals surface area contributed by atoms with E-state index in [-0.39, 0.29) is 17.1 Å². The van der Waals surface area contributed by atoms with Crippen LogP contribution in [0.3, 0.4) is 0 Å². The molecule has 0 unspecified atom stereocenters. The molecule has 0 heterocycles. The summed E-state index contributed by atoms with van der Waals surface area (Å²) in [5.41, 5.74) is 1.46. The number of benzene rings is 2. The Balaban J connectivity index is 2.20. The van der Waals surface area contributed by atoms with E-state index in [1.54, 1.807) is 31.2 Å². The van der Waals surface area contributed by atoms with Gasteiger partial charge in [0.25, 0.3) is 5.91 Å². The molecule has 1 amide bonds. The molecule has 0 bridgehead atoms. The number of hydrogen-bond donors (Lipinski definition) is 4. The van der Waals surface area contributed by atoms with E-state index in [4.69, 9.17) is 5.21 Å². The highest BCUT2D eigenvalue weighted by molar-refractivity contribution is 6.08. The molecule has 0 spiro atoms. The lowest BCUT2D eigenvalue weighted by Crippen LogP contribution is -2.12. The Morgan fingerprint density at radius 2 is 1.62 bits per heavy atom. The van der Waals surface area contributed by atoms with Crippen LogP contribution in [0.5, 0.6) is 11.5 Å². The lowest BCUT2D eigenvalue weighted by Gasteiger charge is -2.09. The van der Waals surface area contributed by atoms with Crippen molar-refractivity contribution in [3.05, 3.63) is 53.6 Å². The summed E-state index contributed by atoms with van der Waals surface area (Å²) in [4.78, 5) is 12.0. The van der Waals surface area contributed by atoms with Gasteiger partial charge in [-0.15, -0.1) is 0 Å². The maximum absolute atomic E-state index is 12.0. The van der Waals surface area contributed by atoms with E-state index in [0.717, 1.165) is 0 Å². The van der Waals surface area contributed by atoms with Crippen LogP contribution in [-0.2, 0) is 0 Å². The highest BCUT2D eigenvalue weighted by atomic mass is 16.4. The number of rotatable bonds is 3. The first kappa shape index (κ1) is 14.4. The molecule has 21 heavy (non-hydrogen) atoms. The fraction of sp³-hybridized carbons (Fsp3) is 0.0667. The molecule has 0 aromatic heterocycles. The van der Waals surface area contributed by atoms with Crippen molar-refractivity contribution in [1.29, 1.82) is 0 Å². The zero-order valence-corrected chi connectivity index (χ0v) is 11.2. The van der Waals surface area contributed by atoms with Gasteiger partial charge in [0, 0.05) is 5.69 Å². The average Bonchev–Trinajstić information content (AvgIpc) is 2.47. The van der Waals surface area contributed by atoms with Gasteiger partial charge in [-0.1, -0.05) is 23.4 Å². The fourth-order valence-electron chi connectivity index (χ4n) is 1.81. The molecule has 108 valence electrons. The van der Waals surface area contributed by atoms with Crippen molar-refractivity contribution in [1.82, 2.24) is 0 Å². The van der Waals surface area contributed by atoms with Gasteiger partial charge < -0.3 is 20.7 Å². The number of carbonyl (C=O) groups is 1. The van der Waals surface area contributed by atoms with Gasteiger partial charge in [0.15, 0.2) is 0 Å². The van der Waals surface area contributed by atoms with E-state index < -0.39 is 5.91 Å². The van der Waals surface area contributed by atoms with Crippen molar-refractivity contribution < 1.29 is 20.2 Å². The van der Waals surface area contributed by atoms with Crippen molar-refractivity contribution in [2.24, 2.45) is 5.16 Å². The Kier molecular flexibility index (Phi) is 4.08. The second-order valence-corrected chi connectivity index (χ2v) is 4.39. The van der Waals surface area contributed by atoms with Crippen molar-refractivity contribution in [2.45, 2.75) is 6.92 Å². The van der Waals surface area contributed by atoms with Crippen LogP contribution in [0.2, 0.25) is 0 Å². The van der Waals surface area contributed by atoms with Crippen molar-refractivity contribution >= 4 is 17.3 Å². The Labute approximate surface area is 121 Å². The second-order valence-electron chi connectivity index (χ2n) is 4.39. The average molecular weight is 286 g/mol. The molecule has 0 atom stereocenters. The van der Waals surface area contributed by atoms with Crippen LogP contribution in [0.25, 0.3) is 0 Å². The molecule has 4 N–H and O–H groups in total. The van der Waals surface area contributed by atoms with Crippen LogP contribution in [0.15, 0.2) is 47.6 Å². The quantitative estimate of drug-likeness (QED) is 0.395. The van der Waals surface area contributed by atoms with Gasteiger partial charge in [-0.3, -0.25) is 4.79 Å². The number of aromatic hydroxyl groups is 2. The first-order valence-corrected chi connectivity index (χ1v) is 6.14. The molecule has 2 aromatic carbocycles. The molecule has 6 nitrogen and oxygen atoms in total. The predicted octanol–water partition coefficient (Wildman–Crippen LogP) is 2.55. The Morgan fingerprint density at radius 1 is 1.05 bits per heavy atom. The van der Waals surface area contributed by atoms with Crippen LogP contribution in [0.4, 0.5) is 5.69 Å². The number of anilines is 1. The number of nitrogens with one attached hydrogen (secondary N) is 1. The van der Waals surface area contributed by atoms with Crippen LogP contribution < -0.4 is 5.32 Å². The highest BCUT2D eigenvalue weighted by Gasteiger charge is 2.16. The number of hydrogen-bond acceptors (Lipinski definition) is 5. The summed E-state index contributed by atoms with van der Waals surface area (Å²) in [5, 5.41) is 33.6. The largest absolute Gasteiger partial charge is 0.507 e. The molecule has 0 aliphatic heterocycles. The molecule has 0 saturated heterocycles. The Bertz CT molecular complexity index is 673. The van der Waals surface area contributed by atoms with Gasteiger partial charge in [-0.2, -0.15) is 0 Å². The summed E-state index contributed by atoms with van der Waals surface area (Å²) in [7, 11) is 0. The molecule has 0 fully saturated rings. The van der Waals surface area contributed by atoms with E-state index in [9.17, 15) is 15.0 Å². The molecule has 6 heteroatoms. The van der Waals surface area contributed by atoms with E-state index in [1.165, 1.54) is 18.2 Å². The first-order valence-electron chi connectivity index (χ1n) is 6.14. The van der Waals surface area contributed by atoms with Crippen molar-refractivity contribution in [3.8, 4) is 11.5 Å². The molecule has 2 aromatic rings. The summed E-state index contributed by atoms with van der Waals surface area (Å²) in [6, 6.07) is 10.7. The molecule has 0 aliphatic rings. The van der Waals surface area contributed by atoms with Crippen molar-refractivity contribution in [2.75, 3.05) is 5.32 Å². The Hall–Kier alpha value is -3.02. The number of phenolic OH excluding ortho intramolecular Hbond substituents is 2. The molecule has 2 rings (SSSR count). The van der Waals surface area contributed by atoms with Gasteiger partial charge in [-0.25, -0.2) is 0 Å². The third-order valence-electron chi connectivity index (χ3n) is 2.96. The van der Waals surface area contributed by atoms with E-state index >= 15 is 0 Å². The fourth-order valence-corrected chi connectivity index (χ4v) is 1.81. The van der Waals surface area contributed by atoms with E-state index in [0.29, 0.717) is 17.0 Å². The normalized spacial score (nSPS) is 11.2. The van der Waals surface area contributed by atoms with E-state index in [1.807, 2.05) is 0 Å². The number of oxime groups is 1. The Morgan fingerprint density at radius 3 is 2.14 bits per heavy atom. The second kappa shape index (κ2) is 5.96. The minimum Gasteiger partial charge on any atom is -0.507 e. The molecule has 0 radical (unpaired) electrons. The standard InChI is InChI=1S/C15H14N2O4/c1-9(17-21)10-5-7-11(8-6-10)16-15(20)14-12(18)3-2-4-13(14)19/h2-8,18-19,21H,1H3,(H,16,20)/b17-9-. The van der Waals surface area contributed by atoms with Gasteiger partial charge >= 0.3 is 0 Å². The maximum Gasteiger partial charge on any atom is 0.263 e. The zero-order valence-electron chi connectivity index (χ0n) is 11.2. The number of phenols is 2. The minimum atomic E-state index is -0.620. The summed E-state index contributed by atoms with van der Waals surface area (Å²) in [5.74, 6) is -1.22. The first-order chi connectivity index (χ1) is 10.0. The zero-order chi connectivity index (χ0) is 15.4. The SMILES string of the molecule is C/C(=N/O)c1ccc(NC(=O)c2c(O)cccc2O)cc1. The topological polar surface area (TPSA) is 102 Å². The third-order valence-corrected chi connectivity index (χ3v) is 2.96. The smallest absolute Gasteiger partial charge is 0.263 e. The van der Waals surface area contributed by atoms with Crippen LogP contribution in [0, 0.1) is 0 Å². The minimum absolute atomic E-state index is 0.185. The van der Waals surface area contributed by atoms with Gasteiger partial charge in [0.05, 0.1) is 5.71 Å². The molecule has 0 saturated carbocycles. The molecule has 0 aliphatic carbocycles. The monoisotopic (exact) mass is 286 g/mol. The summed E-state index contributed by atoms with van der Waals surface area (Å²) >= 11 is 0. The number of amides is 1. The van der Waals surface area contributed by atoms with Crippen LogP contribution in [0.1, 0.15) is 22.8 Å². The van der Waals surface area contributed by atoms with Gasteiger partial charge in [0.1, 0.15) is 17.1 Å². The van der Waals surface area contributed by atoms with Crippen LogP contribution >= 0.6 is 0 Å². The number of carbonyl (C=O) groups excluding carboxylic acids is 1. The summed E-state index contributed by atoms with van der Waals surface area (Å²) < 4.78 is 0. The van der Waals surface area contributed by atoms with Crippen molar-refractivity contribution in [3.63, 3.8) is 0 Å². The lowest BCUT2D eigenvalue weighted by atomic mass is 10.1. The lowest BCUT2D eigenvalue weighted by molar-refractivity contribution is 0.102. The highest BCUT2D eigenvalue weighted by Crippen LogP contribution is 2.27. The number of nitrogens with zero attached hydrogens (tertiary/aromatic N) is 1. The summed E-state index contributed by atoms with van der Waals surface area (Å²) in [6.07, 6.45) is 0. The van der Waals surface area contributed by atoms with Gasteiger partial charge in [-0.05, 0) is 36.8 Å².